The lowest BCUT2D eigenvalue weighted by Crippen LogP contribution is -2.50. The Bertz CT molecular complexity index is 549. The smallest absolute Gasteiger partial charge is 0.334 e. The minimum Gasteiger partial charge on any atom is -0.461 e. The molecule has 0 radical (unpaired) electrons. The molecule has 0 amide bonds. The number of rotatable bonds is 4. The van der Waals surface area contributed by atoms with Gasteiger partial charge in [0.1, 0.15) is 12.7 Å². The summed E-state index contributed by atoms with van der Waals surface area (Å²) in [5.41, 5.74) is 0.416. The monoisotopic (exact) mass is 306 g/mol. The second kappa shape index (κ2) is 5.72. The molecule has 1 saturated carbocycles. The van der Waals surface area contributed by atoms with E-state index in [0.29, 0.717) is 12.0 Å². The average molecular weight is 306 g/mol. The first-order valence-corrected chi connectivity index (χ1v) is 7.23. The number of carbonyl (C=O) groups is 2. The van der Waals surface area contributed by atoms with Gasteiger partial charge in [-0.05, 0) is 17.4 Å². The molecule has 0 unspecified atom stereocenters. The zero-order valence-corrected chi connectivity index (χ0v) is 13.0. The second-order valence-electron chi connectivity index (χ2n) is 6.32. The molecule has 1 saturated heterocycles. The van der Waals surface area contributed by atoms with Crippen molar-refractivity contribution >= 4 is 11.9 Å². The Kier molecular flexibility index (Phi) is 4.29. The predicted octanol–water partition coefficient (Wildman–Crippen LogP) is 1.78. The van der Waals surface area contributed by atoms with Gasteiger partial charge in [0.2, 0.25) is 0 Å². The van der Waals surface area contributed by atoms with Gasteiger partial charge in [-0.25, -0.2) is 4.79 Å². The van der Waals surface area contributed by atoms with Gasteiger partial charge in [0.25, 0.3) is 0 Å². The number of esters is 2. The van der Waals surface area contributed by atoms with Gasteiger partial charge >= 0.3 is 11.9 Å². The Labute approximate surface area is 130 Å². The summed E-state index contributed by atoms with van der Waals surface area (Å²) in [6.07, 6.45) is 0.863. The first-order chi connectivity index (χ1) is 10.2. The fourth-order valence-electron chi connectivity index (χ4n) is 3.61. The van der Waals surface area contributed by atoms with Gasteiger partial charge in [-0.15, -0.1) is 6.58 Å². The summed E-state index contributed by atoms with van der Waals surface area (Å²) in [5.74, 6) is -1.64. The van der Waals surface area contributed by atoms with Crippen LogP contribution >= 0.6 is 0 Å². The zero-order chi connectivity index (χ0) is 16.7. The highest BCUT2D eigenvalue weighted by atomic mass is 16.6. The van der Waals surface area contributed by atoms with Crippen LogP contribution in [0.5, 0.6) is 0 Å². The molecule has 0 aromatic carbocycles. The van der Waals surface area contributed by atoms with Crippen molar-refractivity contribution < 1.29 is 24.2 Å². The molecule has 1 aliphatic carbocycles. The topological polar surface area (TPSA) is 72.8 Å². The van der Waals surface area contributed by atoms with Gasteiger partial charge < -0.3 is 14.6 Å². The number of hydrogen-bond acceptors (Lipinski definition) is 5. The van der Waals surface area contributed by atoms with E-state index in [1.807, 2.05) is 6.92 Å². The van der Waals surface area contributed by atoms with Crippen LogP contribution in [0.1, 0.15) is 20.3 Å². The number of hydrogen-bond donors (Lipinski definition) is 1. The number of carbonyl (C=O) groups excluding carboxylic acids is 2. The third-order valence-electron chi connectivity index (χ3n) is 4.73. The summed E-state index contributed by atoms with van der Waals surface area (Å²) in [6, 6.07) is 0. The van der Waals surface area contributed by atoms with Gasteiger partial charge in [-0.2, -0.15) is 0 Å². The molecule has 1 heterocycles. The van der Waals surface area contributed by atoms with Crippen LogP contribution in [0.25, 0.3) is 0 Å². The predicted molar refractivity (Wildman–Crippen MR) is 80.7 cm³/mol. The van der Waals surface area contributed by atoms with Crippen molar-refractivity contribution in [2.45, 2.75) is 32.5 Å². The molecule has 0 aromatic heterocycles. The maximum atomic E-state index is 11.8. The highest BCUT2D eigenvalue weighted by Crippen LogP contribution is 2.52. The second-order valence-corrected chi connectivity index (χ2v) is 6.32. The number of fused-ring (bicyclic) bond motifs is 1. The van der Waals surface area contributed by atoms with E-state index in [2.05, 4.69) is 19.7 Å². The van der Waals surface area contributed by atoms with Gasteiger partial charge in [0, 0.05) is 18.4 Å². The van der Waals surface area contributed by atoms with E-state index < -0.39 is 35.5 Å². The molecular formula is C17H22O5. The molecule has 5 heteroatoms. The molecule has 5 nitrogen and oxygen atoms in total. The third kappa shape index (κ3) is 2.61. The maximum absolute atomic E-state index is 11.8. The standard InChI is InChI=1S/C17H22O5/c1-6-17(5)7-12(19)13-10(3)16(20)22-15(13)14(17)9(2)8-21-11(4)18/h6,12-15,19H,1-3,7-8H2,4-5H3/t12-,13+,14+,15-,17+/m0/s1. The number of aliphatic hydroxyl groups excluding tert-OH is 1. The first kappa shape index (κ1) is 16.5. The van der Waals surface area contributed by atoms with Gasteiger partial charge in [0.05, 0.1) is 12.0 Å². The lowest BCUT2D eigenvalue weighted by atomic mass is 9.59. The Morgan fingerprint density at radius 2 is 2.23 bits per heavy atom. The minimum atomic E-state index is -0.732. The van der Waals surface area contributed by atoms with Crippen molar-refractivity contribution in [3.8, 4) is 0 Å². The summed E-state index contributed by atoms with van der Waals surface area (Å²) >= 11 is 0. The molecule has 22 heavy (non-hydrogen) atoms. The molecule has 1 aliphatic heterocycles. The lowest BCUT2D eigenvalue weighted by Gasteiger charge is -2.47. The molecule has 0 spiro atoms. The summed E-state index contributed by atoms with van der Waals surface area (Å²) in [4.78, 5) is 22.9. The fourth-order valence-corrected chi connectivity index (χ4v) is 3.61. The van der Waals surface area contributed by atoms with E-state index in [0.717, 1.165) is 0 Å². The number of aliphatic hydroxyl groups is 1. The Morgan fingerprint density at radius 3 is 2.77 bits per heavy atom. The first-order valence-electron chi connectivity index (χ1n) is 7.23. The summed E-state index contributed by atoms with van der Waals surface area (Å²) in [6.45, 7) is 14.9. The Hall–Kier alpha value is -1.88. The van der Waals surface area contributed by atoms with E-state index in [-0.39, 0.29) is 18.1 Å². The highest BCUT2D eigenvalue weighted by Gasteiger charge is 2.57. The van der Waals surface area contributed by atoms with Gasteiger partial charge in [-0.1, -0.05) is 26.2 Å². The van der Waals surface area contributed by atoms with Crippen molar-refractivity contribution in [2.75, 3.05) is 6.61 Å². The minimum absolute atomic E-state index is 0.0484. The quantitative estimate of drug-likeness (QED) is 0.487. The van der Waals surface area contributed by atoms with Crippen molar-refractivity contribution in [1.29, 1.82) is 0 Å². The SMILES string of the molecule is C=C[C@]1(C)C[C@H](O)[C@H]2C(=C)C(=O)O[C@@H]2[C@H]1C(=C)COC(C)=O. The third-order valence-corrected chi connectivity index (χ3v) is 4.73. The van der Waals surface area contributed by atoms with Crippen molar-refractivity contribution in [1.82, 2.24) is 0 Å². The molecule has 5 atom stereocenters. The van der Waals surface area contributed by atoms with E-state index in [1.54, 1.807) is 6.08 Å². The summed E-state index contributed by atoms with van der Waals surface area (Å²) in [5, 5.41) is 10.4. The van der Waals surface area contributed by atoms with Crippen molar-refractivity contribution in [3.63, 3.8) is 0 Å². The van der Waals surface area contributed by atoms with Crippen LogP contribution in [0.4, 0.5) is 0 Å². The fraction of sp³-hybridized carbons (Fsp3) is 0.529. The van der Waals surface area contributed by atoms with Crippen LogP contribution in [0, 0.1) is 17.3 Å². The Balaban J connectivity index is 2.35. The Morgan fingerprint density at radius 1 is 1.59 bits per heavy atom. The molecule has 0 bridgehead atoms. The van der Waals surface area contributed by atoms with E-state index in [4.69, 9.17) is 9.47 Å². The van der Waals surface area contributed by atoms with Crippen molar-refractivity contribution in [3.05, 3.63) is 37.0 Å². The van der Waals surface area contributed by atoms with Crippen LogP contribution in [0.2, 0.25) is 0 Å². The zero-order valence-electron chi connectivity index (χ0n) is 13.0. The lowest BCUT2D eigenvalue weighted by molar-refractivity contribution is -0.148. The van der Waals surface area contributed by atoms with Crippen molar-refractivity contribution in [2.24, 2.45) is 17.3 Å². The molecule has 120 valence electrons. The number of ether oxygens (including phenoxy) is 2. The average Bonchev–Trinajstić information content (AvgIpc) is 2.72. The van der Waals surface area contributed by atoms with E-state index in [1.165, 1.54) is 6.92 Å². The number of allylic oxidation sites excluding steroid dienone is 1. The summed E-state index contributed by atoms with van der Waals surface area (Å²) < 4.78 is 10.5. The maximum Gasteiger partial charge on any atom is 0.334 e. The molecule has 0 aromatic rings. The van der Waals surface area contributed by atoms with Crippen LogP contribution < -0.4 is 0 Å². The summed E-state index contributed by atoms with van der Waals surface area (Å²) in [7, 11) is 0. The normalized spacial score (nSPS) is 37.2. The van der Waals surface area contributed by atoms with Gasteiger partial charge in [0.15, 0.2) is 0 Å². The van der Waals surface area contributed by atoms with E-state index in [9.17, 15) is 14.7 Å². The van der Waals surface area contributed by atoms with Crippen LogP contribution in [0.3, 0.4) is 0 Å². The van der Waals surface area contributed by atoms with E-state index >= 15 is 0 Å². The molecule has 2 fully saturated rings. The van der Waals surface area contributed by atoms with Gasteiger partial charge in [-0.3, -0.25) is 4.79 Å². The highest BCUT2D eigenvalue weighted by molar-refractivity contribution is 5.91. The molecular weight excluding hydrogens is 284 g/mol. The largest absolute Gasteiger partial charge is 0.461 e. The van der Waals surface area contributed by atoms with Crippen LogP contribution in [-0.2, 0) is 19.1 Å². The van der Waals surface area contributed by atoms with Crippen LogP contribution in [-0.4, -0.2) is 35.9 Å². The molecule has 2 aliphatic rings. The molecule has 2 rings (SSSR count). The molecule has 1 N–H and O–H groups in total. The van der Waals surface area contributed by atoms with Crippen LogP contribution in [0.15, 0.2) is 37.0 Å².